The lowest BCUT2D eigenvalue weighted by atomic mass is 9.87. The van der Waals surface area contributed by atoms with Gasteiger partial charge in [-0.15, -0.1) is 0 Å². The van der Waals surface area contributed by atoms with Crippen LogP contribution in [0.15, 0.2) is 54.5 Å². The van der Waals surface area contributed by atoms with Gasteiger partial charge in [-0.1, -0.05) is 30.3 Å². The van der Waals surface area contributed by atoms with Crippen molar-refractivity contribution in [2.45, 2.75) is 12.5 Å². The molecular formula is C19H18F3NO2. The normalized spacial score (nSPS) is 16.2. The van der Waals surface area contributed by atoms with Gasteiger partial charge in [0.15, 0.2) is 0 Å². The van der Waals surface area contributed by atoms with Crippen LogP contribution in [0.3, 0.4) is 0 Å². The molecule has 1 heterocycles. The lowest BCUT2D eigenvalue weighted by Crippen LogP contribution is -2.35. The van der Waals surface area contributed by atoms with Crippen LogP contribution in [0.1, 0.15) is 22.7 Å². The zero-order valence-corrected chi connectivity index (χ0v) is 13.9. The molecule has 1 unspecified atom stereocenters. The van der Waals surface area contributed by atoms with E-state index >= 15 is 0 Å². The van der Waals surface area contributed by atoms with Crippen LogP contribution in [0.5, 0.6) is 11.5 Å². The topological polar surface area (TPSA) is 21.7 Å². The molecule has 0 radical (unpaired) electrons. The smallest absolute Gasteiger partial charge is 0.322 e. The van der Waals surface area contributed by atoms with Crippen molar-refractivity contribution >= 4 is 0 Å². The van der Waals surface area contributed by atoms with E-state index in [1.54, 1.807) is 43.5 Å². The summed E-state index contributed by atoms with van der Waals surface area (Å²) in [4.78, 5) is 1.08. The van der Waals surface area contributed by atoms with E-state index in [1.165, 1.54) is 7.11 Å². The summed E-state index contributed by atoms with van der Waals surface area (Å²) >= 11 is 0. The molecular weight excluding hydrogens is 331 g/mol. The Morgan fingerprint density at radius 2 is 1.60 bits per heavy atom. The van der Waals surface area contributed by atoms with E-state index in [4.69, 9.17) is 9.47 Å². The number of hydrogen-bond donors (Lipinski definition) is 0. The minimum absolute atomic E-state index is 0.110. The Balaban J connectivity index is 2.26. The Labute approximate surface area is 144 Å². The van der Waals surface area contributed by atoms with Gasteiger partial charge in [-0.25, -0.2) is 0 Å². The maximum atomic E-state index is 14.2. The summed E-state index contributed by atoms with van der Waals surface area (Å²) in [5, 5.41) is 0. The second-order valence-corrected chi connectivity index (χ2v) is 5.67. The molecule has 0 N–H and O–H groups in total. The molecule has 0 fully saturated rings. The van der Waals surface area contributed by atoms with Crippen molar-refractivity contribution in [3.05, 3.63) is 71.2 Å². The van der Waals surface area contributed by atoms with E-state index < -0.39 is 18.1 Å². The minimum Gasteiger partial charge on any atom is -0.496 e. The summed E-state index contributed by atoms with van der Waals surface area (Å²) in [6.07, 6.45) is -1.95. The van der Waals surface area contributed by atoms with Crippen LogP contribution in [0.2, 0.25) is 0 Å². The zero-order valence-electron chi connectivity index (χ0n) is 13.9. The molecule has 3 rings (SSSR count). The Bertz CT molecular complexity index is 789. The molecule has 1 aliphatic heterocycles. The summed E-state index contributed by atoms with van der Waals surface area (Å²) in [5.74, 6) is -0.354. The van der Waals surface area contributed by atoms with Gasteiger partial charge >= 0.3 is 6.08 Å². The first-order valence-electron chi connectivity index (χ1n) is 7.84. The number of benzene rings is 2. The molecule has 3 nitrogen and oxygen atoms in total. The summed E-state index contributed by atoms with van der Waals surface area (Å²) in [6, 6.07) is 11.7. The van der Waals surface area contributed by atoms with Crippen molar-refractivity contribution in [2.75, 3.05) is 20.8 Å². The molecule has 0 aliphatic carbocycles. The van der Waals surface area contributed by atoms with E-state index in [0.29, 0.717) is 29.0 Å². The maximum absolute atomic E-state index is 14.2. The number of rotatable bonds is 4. The van der Waals surface area contributed by atoms with Crippen LogP contribution < -0.4 is 9.47 Å². The summed E-state index contributed by atoms with van der Waals surface area (Å²) in [7, 11) is 3.05. The number of nitrogens with zero attached hydrogens (tertiary/aromatic N) is 1. The molecule has 0 saturated heterocycles. The number of fused-ring (bicyclic) bond motifs is 1. The molecule has 1 atom stereocenters. The molecule has 0 bridgehead atoms. The van der Waals surface area contributed by atoms with Crippen molar-refractivity contribution in [3.63, 3.8) is 0 Å². The van der Waals surface area contributed by atoms with Crippen LogP contribution in [0.25, 0.3) is 0 Å². The fourth-order valence-electron chi connectivity index (χ4n) is 3.37. The van der Waals surface area contributed by atoms with Crippen molar-refractivity contribution in [1.82, 2.24) is 4.90 Å². The second-order valence-electron chi connectivity index (χ2n) is 5.67. The predicted octanol–water partition coefficient (Wildman–Crippen LogP) is 4.69. The van der Waals surface area contributed by atoms with Crippen molar-refractivity contribution in [2.24, 2.45) is 0 Å². The van der Waals surface area contributed by atoms with E-state index in [9.17, 15) is 13.2 Å². The largest absolute Gasteiger partial charge is 0.496 e. The maximum Gasteiger partial charge on any atom is 0.322 e. The van der Waals surface area contributed by atoms with Crippen LogP contribution in [0, 0.1) is 0 Å². The molecule has 25 heavy (non-hydrogen) atoms. The lowest BCUT2D eigenvalue weighted by Gasteiger charge is -2.38. The SMILES string of the molecule is COc1ccc(OC)c2c1CCN(C(F)=C(F)F)C2c1ccccc1. The van der Waals surface area contributed by atoms with Gasteiger partial charge in [0.05, 0.1) is 20.3 Å². The number of halogens is 3. The van der Waals surface area contributed by atoms with Crippen LogP contribution in [-0.2, 0) is 6.42 Å². The van der Waals surface area contributed by atoms with E-state index in [0.717, 1.165) is 10.5 Å². The fourth-order valence-corrected chi connectivity index (χ4v) is 3.37. The quantitative estimate of drug-likeness (QED) is 0.748. The Hall–Kier alpha value is -2.63. The molecule has 0 saturated carbocycles. The predicted molar refractivity (Wildman–Crippen MR) is 88.6 cm³/mol. The lowest BCUT2D eigenvalue weighted by molar-refractivity contribution is 0.181. The van der Waals surface area contributed by atoms with Gasteiger partial charge in [0.25, 0.3) is 5.95 Å². The average Bonchev–Trinajstić information content (AvgIpc) is 2.66. The third kappa shape index (κ3) is 3.04. The molecule has 132 valence electrons. The molecule has 6 heteroatoms. The Kier molecular flexibility index (Phi) is 4.88. The molecule has 1 aliphatic rings. The molecule has 2 aromatic carbocycles. The number of methoxy groups -OCH3 is 2. The average molecular weight is 349 g/mol. The summed E-state index contributed by atoms with van der Waals surface area (Å²) in [6.45, 7) is 0.110. The van der Waals surface area contributed by atoms with Crippen molar-refractivity contribution in [3.8, 4) is 11.5 Å². The Morgan fingerprint density at radius 3 is 2.20 bits per heavy atom. The standard InChI is InChI=1S/C19H18F3NO2/c1-24-14-8-9-15(25-2)16-13(14)10-11-23(19(22)18(20)21)17(16)12-6-4-3-5-7-12/h3-9,17H,10-11H2,1-2H3. The van der Waals surface area contributed by atoms with Crippen molar-refractivity contribution < 1.29 is 22.6 Å². The third-order valence-electron chi connectivity index (χ3n) is 4.43. The van der Waals surface area contributed by atoms with Gasteiger partial charge in [-0.05, 0) is 24.1 Å². The van der Waals surface area contributed by atoms with Crippen LogP contribution >= 0.6 is 0 Å². The van der Waals surface area contributed by atoms with Gasteiger partial charge in [-0.3, -0.25) is 0 Å². The number of ether oxygens (including phenoxy) is 2. The highest BCUT2D eigenvalue weighted by Crippen LogP contribution is 2.45. The summed E-state index contributed by atoms with van der Waals surface area (Å²) in [5.41, 5.74) is 2.20. The highest BCUT2D eigenvalue weighted by atomic mass is 19.3. The zero-order chi connectivity index (χ0) is 18.0. The first-order chi connectivity index (χ1) is 12.1. The van der Waals surface area contributed by atoms with E-state index in [-0.39, 0.29) is 6.54 Å². The highest BCUT2D eigenvalue weighted by molar-refractivity contribution is 5.55. The first-order valence-corrected chi connectivity index (χ1v) is 7.84. The Morgan fingerprint density at radius 1 is 0.960 bits per heavy atom. The molecule has 0 spiro atoms. The number of hydrogen-bond acceptors (Lipinski definition) is 3. The summed E-state index contributed by atoms with van der Waals surface area (Å²) < 4.78 is 51.1. The third-order valence-corrected chi connectivity index (χ3v) is 4.43. The monoisotopic (exact) mass is 349 g/mol. The van der Waals surface area contributed by atoms with E-state index in [1.807, 2.05) is 6.07 Å². The van der Waals surface area contributed by atoms with Crippen molar-refractivity contribution in [1.29, 1.82) is 0 Å². The van der Waals surface area contributed by atoms with Gasteiger partial charge in [-0.2, -0.15) is 13.2 Å². The fraction of sp³-hybridized carbons (Fsp3) is 0.263. The van der Waals surface area contributed by atoms with Gasteiger partial charge in [0, 0.05) is 17.7 Å². The van der Waals surface area contributed by atoms with Crippen LogP contribution in [-0.4, -0.2) is 25.7 Å². The van der Waals surface area contributed by atoms with Gasteiger partial charge < -0.3 is 14.4 Å². The van der Waals surface area contributed by atoms with Gasteiger partial charge in [0.1, 0.15) is 11.5 Å². The first kappa shape index (κ1) is 17.2. The highest BCUT2D eigenvalue weighted by Gasteiger charge is 2.36. The minimum atomic E-state index is -2.33. The second kappa shape index (κ2) is 7.09. The van der Waals surface area contributed by atoms with Crippen LogP contribution in [0.4, 0.5) is 13.2 Å². The molecule has 2 aromatic rings. The van der Waals surface area contributed by atoms with E-state index in [2.05, 4.69) is 0 Å². The molecule has 0 amide bonds. The molecule has 0 aromatic heterocycles. The van der Waals surface area contributed by atoms with Gasteiger partial charge in [0.2, 0.25) is 0 Å².